The molecule has 0 saturated carbocycles. The lowest BCUT2D eigenvalue weighted by atomic mass is 9.71. The Morgan fingerprint density at radius 1 is 1.07 bits per heavy atom. The molecule has 0 radical (unpaired) electrons. The number of allylic oxidation sites excluding steroid dienone is 2. The van der Waals surface area contributed by atoms with E-state index >= 15 is 0 Å². The first kappa shape index (κ1) is 11.2. The lowest BCUT2D eigenvalue weighted by Gasteiger charge is -2.31. The molecule has 0 spiro atoms. The minimum atomic E-state index is -0.333. The summed E-state index contributed by atoms with van der Waals surface area (Å²) in [5.41, 5.74) is 0. The Morgan fingerprint density at radius 2 is 1.64 bits per heavy atom. The number of hydrogen-bond donors (Lipinski definition) is 0. The van der Waals surface area contributed by atoms with E-state index in [1.165, 1.54) is 6.08 Å². The summed E-state index contributed by atoms with van der Waals surface area (Å²) >= 11 is 0. The molecule has 1 rings (SSSR count). The number of carbonyl (C=O) groups excluding carboxylic acids is 2. The van der Waals surface area contributed by atoms with Gasteiger partial charge in [-0.1, -0.05) is 33.8 Å². The van der Waals surface area contributed by atoms with E-state index in [1.807, 2.05) is 19.9 Å². The molecule has 2 unspecified atom stereocenters. The highest BCUT2D eigenvalue weighted by molar-refractivity contribution is 6.43. The Labute approximate surface area is 85.4 Å². The van der Waals surface area contributed by atoms with Crippen LogP contribution in [0.1, 0.15) is 27.7 Å². The van der Waals surface area contributed by atoms with Crippen LogP contribution in [0.15, 0.2) is 12.2 Å². The van der Waals surface area contributed by atoms with Crippen LogP contribution in [-0.4, -0.2) is 11.6 Å². The standard InChI is InChI=1S/C12H18O2/c1-7(2)9-5-6-10(13)12(14)11(9)8(3)4/h5-9,11H,1-4H3. The zero-order valence-electron chi connectivity index (χ0n) is 9.28. The van der Waals surface area contributed by atoms with Crippen molar-refractivity contribution < 1.29 is 9.59 Å². The van der Waals surface area contributed by atoms with E-state index in [-0.39, 0.29) is 29.3 Å². The minimum absolute atomic E-state index is 0.118. The lowest BCUT2D eigenvalue weighted by molar-refractivity contribution is -0.139. The summed E-state index contributed by atoms with van der Waals surface area (Å²) in [7, 11) is 0. The summed E-state index contributed by atoms with van der Waals surface area (Å²) in [4.78, 5) is 22.9. The Hall–Kier alpha value is -0.920. The van der Waals surface area contributed by atoms with Crippen LogP contribution in [-0.2, 0) is 9.59 Å². The van der Waals surface area contributed by atoms with Crippen LogP contribution in [0.2, 0.25) is 0 Å². The largest absolute Gasteiger partial charge is 0.290 e. The maximum Gasteiger partial charge on any atom is 0.221 e. The van der Waals surface area contributed by atoms with Gasteiger partial charge in [0, 0.05) is 5.92 Å². The van der Waals surface area contributed by atoms with Crippen LogP contribution in [0, 0.1) is 23.7 Å². The molecular weight excluding hydrogens is 176 g/mol. The fraction of sp³-hybridized carbons (Fsp3) is 0.667. The molecule has 14 heavy (non-hydrogen) atoms. The van der Waals surface area contributed by atoms with Gasteiger partial charge in [-0.05, 0) is 23.8 Å². The molecule has 1 aliphatic rings. The molecule has 2 heteroatoms. The summed E-state index contributed by atoms with van der Waals surface area (Å²) in [6, 6.07) is 0. The number of hydrogen-bond acceptors (Lipinski definition) is 2. The smallest absolute Gasteiger partial charge is 0.221 e. The second-order valence-corrected chi connectivity index (χ2v) is 4.68. The fourth-order valence-electron chi connectivity index (χ4n) is 2.12. The molecule has 1 aliphatic carbocycles. The maximum absolute atomic E-state index is 11.7. The predicted octanol–water partition coefficient (Wildman–Crippen LogP) is 2.24. The molecule has 0 aromatic heterocycles. The highest BCUT2D eigenvalue weighted by Gasteiger charge is 2.36. The third-order valence-electron chi connectivity index (χ3n) is 2.92. The van der Waals surface area contributed by atoms with Gasteiger partial charge >= 0.3 is 0 Å². The van der Waals surface area contributed by atoms with Crippen LogP contribution in [0.25, 0.3) is 0 Å². The Morgan fingerprint density at radius 3 is 2.07 bits per heavy atom. The van der Waals surface area contributed by atoms with E-state index in [2.05, 4.69) is 13.8 Å². The third kappa shape index (κ3) is 1.94. The molecular formula is C12H18O2. The summed E-state index contributed by atoms with van der Waals surface area (Å²) in [5, 5.41) is 0. The molecule has 2 atom stereocenters. The maximum atomic E-state index is 11.7. The predicted molar refractivity (Wildman–Crippen MR) is 55.8 cm³/mol. The van der Waals surface area contributed by atoms with Crippen molar-refractivity contribution >= 4 is 11.6 Å². The molecule has 0 heterocycles. The van der Waals surface area contributed by atoms with Crippen molar-refractivity contribution in [3.05, 3.63) is 12.2 Å². The van der Waals surface area contributed by atoms with E-state index in [0.717, 1.165) is 0 Å². The molecule has 0 N–H and O–H groups in total. The second kappa shape index (κ2) is 4.07. The van der Waals surface area contributed by atoms with Crippen molar-refractivity contribution in [2.24, 2.45) is 23.7 Å². The van der Waals surface area contributed by atoms with Gasteiger partial charge in [0.15, 0.2) is 0 Å². The average molecular weight is 194 g/mol. The monoisotopic (exact) mass is 194 g/mol. The number of ketones is 2. The number of Topliss-reactive ketones (excluding diaryl/α,β-unsaturated/α-hetero) is 1. The second-order valence-electron chi connectivity index (χ2n) is 4.68. The zero-order chi connectivity index (χ0) is 10.9. The van der Waals surface area contributed by atoms with Gasteiger partial charge in [0.05, 0.1) is 0 Å². The highest BCUT2D eigenvalue weighted by Crippen LogP contribution is 2.32. The van der Waals surface area contributed by atoms with Gasteiger partial charge in [-0.15, -0.1) is 0 Å². The van der Waals surface area contributed by atoms with E-state index in [9.17, 15) is 9.59 Å². The van der Waals surface area contributed by atoms with Crippen LogP contribution in [0.4, 0.5) is 0 Å². The molecule has 0 aliphatic heterocycles. The van der Waals surface area contributed by atoms with Crippen LogP contribution in [0.5, 0.6) is 0 Å². The molecule has 0 saturated heterocycles. The highest BCUT2D eigenvalue weighted by atomic mass is 16.2. The van der Waals surface area contributed by atoms with Gasteiger partial charge in [0.25, 0.3) is 0 Å². The molecule has 0 aromatic rings. The van der Waals surface area contributed by atoms with Crippen LogP contribution >= 0.6 is 0 Å². The van der Waals surface area contributed by atoms with E-state index < -0.39 is 0 Å². The summed E-state index contributed by atoms with van der Waals surface area (Å²) in [6.07, 6.45) is 3.34. The minimum Gasteiger partial charge on any atom is -0.290 e. The summed E-state index contributed by atoms with van der Waals surface area (Å²) in [6.45, 7) is 8.19. The zero-order valence-corrected chi connectivity index (χ0v) is 9.28. The molecule has 2 nitrogen and oxygen atoms in total. The van der Waals surface area contributed by atoms with Crippen molar-refractivity contribution in [2.75, 3.05) is 0 Å². The lowest BCUT2D eigenvalue weighted by Crippen LogP contribution is -2.37. The van der Waals surface area contributed by atoms with Crippen molar-refractivity contribution in [3.63, 3.8) is 0 Å². The first-order valence-electron chi connectivity index (χ1n) is 5.21. The van der Waals surface area contributed by atoms with Crippen LogP contribution < -0.4 is 0 Å². The van der Waals surface area contributed by atoms with Gasteiger partial charge in [0.1, 0.15) is 0 Å². The van der Waals surface area contributed by atoms with Gasteiger partial charge in [0.2, 0.25) is 11.6 Å². The van der Waals surface area contributed by atoms with Crippen molar-refractivity contribution in [1.82, 2.24) is 0 Å². The molecule has 0 fully saturated rings. The normalized spacial score (nSPS) is 27.9. The first-order valence-corrected chi connectivity index (χ1v) is 5.21. The molecule has 0 aromatic carbocycles. The topological polar surface area (TPSA) is 34.1 Å². The SMILES string of the molecule is CC(C)C1C=CC(=O)C(=O)C1C(C)C. The van der Waals surface area contributed by atoms with E-state index in [1.54, 1.807) is 0 Å². The summed E-state index contributed by atoms with van der Waals surface area (Å²) < 4.78 is 0. The van der Waals surface area contributed by atoms with Crippen molar-refractivity contribution in [1.29, 1.82) is 0 Å². The van der Waals surface area contributed by atoms with E-state index in [4.69, 9.17) is 0 Å². The van der Waals surface area contributed by atoms with Crippen molar-refractivity contribution in [3.8, 4) is 0 Å². The fourth-order valence-corrected chi connectivity index (χ4v) is 2.12. The van der Waals surface area contributed by atoms with E-state index in [0.29, 0.717) is 5.92 Å². The Kier molecular flexibility index (Phi) is 3.25. The molecule has 0 bridgehead atoms. The quantitative estimate of drug-likeness (QED) is 0.632. The van der Waals surface area contributed by atoms with Crippen LogP contribution in [0.3, 0.4) is 0 Å². The van der Waals surface area contributed by atoms with Gasteiger partial charge in [-0.3, -0.25) is 9.59 Å². The Bertz CT molecular complexity index is 274. The Balaban J connectivity index is 3.00. The average Bonchev–Trinajstić information content (AvgIpc) is 2.08. The van der Waals surface area contributed by atoms with Gasteiger partial charge in [-0.25, -0.2) is 0 Å². The van der Waals surface area contributed by atoms with Crippen molar-refractivity contribution in [2.45, 2.75) is 27.7 Å². The molecule has 78 valence electrons. The molecule has 0 amide bonds. The third-order valence-corrected chi connectivity index (χ3v) is 2.92. The number of carbonyl (C=O) groups is 2. The first-order chi connectivity index (χ1) is 6.45. The van der Waals surface area contributed by atoms with Gasteiger partial charge in [-0.2, -0.15) is 0 Å². The number of rotatable bonds is 2. The summed E-state index contributed by atoms with van der Waals surface area (Å²) in [5.74, 6) is 0.217. The van der Waals surface area contributed by atoms with Gasteiger partial charge < -0.3 is 0 Å².